The molecule has 2 rings (SSSR count). The fraction of sp³-hybridized carbons (Fsp3) is 0.545. The topological polar surface area (TPSA) is 105 Å². The second kappa shape index (κ2) is 7.22. The summed E-state index contributed by atoms with van der Waals surface area (Å²) in [6.07, 6.45) is 1.81. The molecule has 2 heterocycles. The molecule has 1 aromatic rings. The van der Waals surface area contributed by atoms with E-state index in [-0.39, 0.29) is 11.9 Å². The highest BCUT2D eigenvalue weighted by atomic mass is 35.5. The predicted octanol–water partition coefficient (Wildman–Crippen LogP) is 0.0764. The minimum absolute atomic E-state index is 0.0863. The smallest absolute Gasteiger partial charge is 0.239 e. The van der Waals surface area contributed by atoms with Crippen LogP contribution in [0.5, 0.6) is 0 Å². The number of halogens is 1. The molecule has 1 fully saturated rings. The molecule has 0 radical (unpaired) electrons. The molecule has 0 bridgehead atoms. The molecule has 1 amide bonds. The van der Waals surface area contributed by atoms with Crippen LogP contribution in [0.2, 0.25) is 5.02 Å². The molecule has 4 N–H and O–H groups in total. The molecule has 0 unspecified atom stereocenters. The molecule has 0 spiro atoms. The van der Waals surface area contributed by atoms with E-state index in [2.05, 4.69) is 20.7 Å². The third-order valence-electron chi connectivity index (χ3n) is 2.87. The van der Waals surface area contributed by atoms with E-state index in [9.17, 15) is 4.79 Å². The Labute approximate surface area is 121 Å². The summed E-state index contributed by atoms with van der Waals surface area (Å²) >= 11 is 5.95. The van der Waals surface area contributed by atoms with Crippen LogP contribution in [0.25, 0.3) is 0 Å². The summed E-state index contributed by atoms with van der Waals surface area (Å²) in [5.74, 6) is 6.02. The van der Waals surface area contributed by atoms with E-state index in [1.165, 1.54) is 6.20 Å². The predicted molar refractivity (Wildman–Crippen MR) is 75.4 cm³/mol. The van der Waals surface area contributed by atoms with Crippen LogP contribution in [0.3, 0.4) is 0 Å². The summed E-state index contributed by atoms with van der Waals surface area (Å²) in [5, 5.41) is 3.38. The average Bonchev–Trinajstić information content (AvgIpc) is 2.50. The second-order valence-electron chi connectivity index (χ2n) is 4.20. The number of amides is 1. The van der Waals surface area contributed by atoms with Gasteiger partial charge in [0, 0.05) is 26.1 Å². The average molecular weight is 301 g/mol. The molecule has 0 aromatic carbocycles. The van der Waals surface area contributed by atoms with Crippen LogP contribution < -0.4 is 16.6 Å². The third-order valence-corrected chi connectivity index (χ3v) is 3.14. The first-order chi connectivity index (χ1) is 9.70. The van der Waals surface area contributed by atoms with Crippen molar-refractivity contribution in [3.8, 4) is 0 Å². The van der Waals surface area contributed by atoms with Crippen molar-refractivity contribution in [1.29, 1.82) is 0 Å². The standard InChI is InChI=1S/C11H17ClN6O2/c12-8-7-15-11(17-13)16-10(8)14-2-1-9(19)18-3-5-20-6-4-18/h7H,1-6,13H2,(H2,14,15,16,17). The van der Waals surface area contributed by atoms with Crippen molar-refractivity contribution in [1.82, 2.24) is 14.9 Å². The Morgan fingerprint density at radius 3 is 2.95 bits per heavy atom. The lowest BCUT2D eigenvalue weighted by Gasteiger charge is -2.26. The molecule has 110 valence electrons. The van der Waals surface area contributed by atoms with Gasteiger partial charge in [-0.1, -0.05) is 11.6 Å². The van der Waals surface area contributed by atoms with Gasteiger partial charge in [0.1, 0.15) is 5.02 Å². The van der Waals surface area contributed by atoms with Crippen molar-refractivity contribution in [2.24, 2.45) is 5.84 Å². The summed E-state index contributed by atoms with van der Waals surface area (Å²) in [5.41, 5.74) is 2.34. The maximum Gasteiger partial charge on any atom is 0.239 e. The highest BCUT2D eigenvalue weighted by Crippen LogP contribution is 2.18. The van der Waals surface area contributed by atoms with Gasteiger partial charge in [-0.2, -0.15) is 4.98 Å². The van der Waals surface area contributed by atoms with E-state index < -0.39 is 0 Å². The van der Waals surface area contributed by atoms with Crippen LogP contribution in [0.1, 0.15) is 6.42 Å². The van der Waals surface area contributed by atoms with Gasteiger partial charge < -0.3 is 15.0 Å². The number of hydrazine groups is 1. The normalized spacial score (nSPS) is 15.0. The molecule has 8 nitrogen and oxygen atoms in total. The van der Waals surface area contributed by atoms with Crippen molar-refractivity contribution in [2.45, 2.75) is 6.42 Å². The largest absolute Gasteiger partial charge is 0.378 e. The van der Waals surface area contributed by atoms with Crippen LogP contribution in [0.4, 0.5) is 11.8 Å². The number of hydrogen-bond donors (Lipinski definition) is 3. The van der Waals surface area contributed by atoms with Crippen molar-refractivity contribution in [3.63, 3.8) is 0 Å². The number of morpholine rings is 1. The number of aromatic nitrogens is 2. The molecular weight excluding hydrogens is 284 g/mol. The monoisotopic (exact) mass is 300 g/mol. The molecule has 9 heteroatoms. The second-order valence-corrected chi connectivity index (χ2v) is 4.61. The highest BCUT2D eigenvalue weighted by molar-refractivity contribution is 6.32. The zero-order valence-electron chi connectivity index (χ0n) is 10.9. The summed E-state index contributed by atoms with van der Waals surface area (Å²) in [7, 11) is 0. The number of ether oxygens (including phenoxy) is 1. The minimum atomic E-state index is 0.0863. The lowest BCUT2D eigenvalue weighted by molar-refractivity contribution is -0.134. The number of carbonyl (C=O) groups is 1. The lowest BCUT2D eigenvalue weighted by Crippen LogP contribution is -2.41. The maximum atomic E-state index is 11.9. The van der Waals surface area contributed by atoms with Crippen LogP contribution in [0.15, 0.2) is 6.20 Å². The summed E-state index contributed by atoms with van der Waals surface area (Å²) in [4.78, 5) is 21.7. The fourth-order valence-electron chi connectivity index (χ4n) is 1.82. The van der Waals surface area contributed by atoms with Gasteiger partial charge in [0.25, 0.3) is 0 Å². The number of anilines is 2. The van der Waals surface area contributed by atoms with Gasteiger partial charge in [0.05, 0.1) is 19.4 Å². The Hall–Kier alpha value is -1.64. The van der Waals surface area contributed by atoms with E-state index in [0.29, 0.717) is 50.1 Å². The summed E-state index contributed by atoms with van der Waals surface area (Å²) in [6, 6.07) is 0. The van der Waals surface area contributed by atoms with Gasteiger partial charge in [-0.3, -0.25) is 10.2 Å². The van der Waals surface area contributed by atoms with Crippen molar-refractivity contribution in [2.75, 3.05) is 43.6 Å². The van der Waals surface area contributed by atoms with E-state index in [4.69, 9.17) is 22.2 Å². The zero-order chi connectivity index (χ0) is 14.4. The van der Waals surface area contributed by atoms with E-state index in [1.807, 2.05) is 0 Å². The Balaban J connectivity index is 1.81. The van der Waals surface area contributed by atoms with E-state index >= 15 is 0 Å². The molecule has 0 aliphatic carbocycles. The van der Waals surface area contributed by atoms with Crippen LogP contribution in [-0.2, 0) is 9.53 Å². The zero-order valence-corrected chi connectivity index (χ0v) is 11.7. The maximum absolute atomic E-state index is 11.9. The van der Waals surface area contributed by atoms with Crippen LogP contribution in [0, 0.1) is 0 Å². The number of nitrogens with one attached hydrogen (secondary N) is 2. The fourth-order valence-corrected chi connectivity index (χ4v) is 1.98. The van der Waals surface area contributed by atoms with Crippen molar-refractivity contribution >= 4 is 29.3 Å². The summed E-state index contributed by atoms with van der Waals surface area (Å²) in [6.45, 7) is 2.94. The number of carbonyl (C=O) groups excluding carboxylic acids is 1. The first-order valence-electron chi connectivity index (χ1n) is 6.29. The Morgan fingerprint density at radius 2 is 2.25 bits per heavy atom. The van der Waals surface area contributed by atoms with Crippen molar-refractivity contribution < 1.29 is 9.53 Å². The molecule has 20 heavy (non-hydrogen) atoms. The Bertz CT molecular complexity index is 466. The molecule has 1 aliphatic heterocycles. The first kappa shape index (κ1) is 14.8. The Kier molecular flexibility index (Phi) is 5.33. The molecule has 0 saturated carbocycles. The number of hydrogen-bond acceptors (Lipinski definition) is 7. The number of nitrogen functional groups attached to an aromatic ring is 1. The lowest BCUT2D eigenvalue weighted by atomic mass is 10.3. The molecule has 1 aliphatic rings. The first-order valence-corrected chi connectivity index (χ1v) is 6.67. The van der Waals surface area contributed by atoms with Gasteiger partial charge in [-0.05, 0) is 0 Å². The SMILES string of the molecule is NNc1ncc(Cl)c(NCCC(=O)N2CCOCC2)n1. The van der Waals surface area contributed by atoms with E-state index in [1.54, 1.807) is 4.90 Å². The van der Waals surface area contributed by atoms with Gasteiger partial charge in [-0.25, -0.2) is 10.8 Å². The number of nitrogens with zero attached hydrogens (tertiary/aromatic N) is 3. The van der Waals surface area contributed by atoms with Crippen molar-refractivity contribution in [3.05, 3.63) is 11.2 Å². The Morgan fingerprint density at radius 1 is 1.50 bits per heavy atom. The molecule has 1 saturated heterocycles. The van der Waals surface area contributed by atoms with Gasteiger partial charge in [-0.15, -0.1) is 0 Å². The van der Waals surface area contributed by atoms with E-state index in [0.717, 1.165) is 0 Å². The molecule has 0 atom stereocenters. The third kappa shape index (κ3) is 3.92. The van der Waals surface area contributed by atoms with Gasteiger partial charge in [0.2, 0.25) is 11.9 Å². The number of rotatable bonds is 5. The van der Waals surface area contributed by atoms with Crippen LogP contribution in [-0.4, -0.2) is 53.6 Å². The summed E-state index contributed by atoms with van der Waals surface area (Å²) < 4.78 is 5.20. The number of nitrogens with two attached hydrogens (primary N) is 1. The minimum Gasteiger partial charge on any atom is -0.378 e. The van der Waals surface area contributed by atoms with Gasteiger partial charge >= 0.3 is 0 Å². The van der Waals surface area contributed by atoms with Crippen LogP contribution >= 0.6 is 11.6 Å². The highest BCUT2D eigenvalue weighted by Gasteiger charge is 2.16. The quantitative estimate of drug-likeness (QED) is 0.522. The van der Waals surface area contributed by atoms with Gasteiger partial charge in [0.15, 0.2) is 5.82 Å². The molecular formula is C11H17ClN6O2. The molecule has 1 aromatic heterocycles.